The standard InChI is InChI=1S/C21H26O3/c1-3-4-5-14-23-16-24-15-18-6-8-20(9-7-18)21-12-10-19(11-13-21)17(2)22/h6-13H,3-5,14-16H2,1-2H3. The Labute approximate surface area is 144 Å². The van der Waals surface area contributed by atoms with Crippen molar-refractivity contribution in [3.63, 3.8) is 0 Å². The van der Waals surface area contributed by atoms with Gasteiger partial charge in [0.15, 0.2) is 5.78 Å². The van der Waals surface area contributed by atoms with Gasteiger partial charge in [-0.05, 0) is 30.0 Å². The van der Waals surface area contributed by atoms with Crippen LogP contribution in [-0.4, -0.2) is 19.2 Å². The molecule has 0 aliphatic carbocycles. The van der Waals surface area contributed by atoms with Crippen LogP contribution in [0.3, 0.4) is 0 Å². The fourth-order valence-corrected chi connectivity index (χ4v) is 2.42. The molecule has 24 heavy (non-hydrogen) atoms. The van der Waals surface area contributed by atoms with Crippen LogP contribution < -0.4 is 0 Å². The highest BCUT2D eigenvalue weighted by Crippen LogP contribution is 2.20. The molecule has 2 aromatic carbocycles. The number of hydrogen-bond acceptors (Lipinski definition) is 3. The summed E-state index contributed by atoms with van der Waals surface area (Å²) in [6, 6.07) is 16.0. The zero-order chi connectivity index (χ0) is 17.2. The molecule has 0 fully saturated rings. The first-order chi connectivity index (χ1) is 11.7. The van der Waals surface area contributed by atoms with Crippen LogP contribution in [0.1, 0.15) is 49.0 Å². The fraction of sp³-hybridized carbons (Fsp3) is 0.381. The average Bonchev–Trinajstić information content (AvgIpc) is 2.61. The van der Waals surface area contributed by atoms with E-state index in [2.05, 4.69) is 31.2 Å². The number of carbonyl (C=O) groups excluding carboxylic acids is 1. The van der Waals surface area contributed by atoms with Crippen molar-refractivity contribution < 1.29 is 14.3 Å². The van der Waals surface area contributed by atoms with Crippen LogP contribution in [0.4, 0.5) is 0 Å². The molecule has 0 atom stereocenters. The molecule has 0 aliphatic heterocycles. The molecule has 0 heterocycles. The Morgan fingerprint density at radius 1 is 0.875 bits per heavy atom. The van der Waals surface area contributed by atoms with Gasteiger partial charge in [-0.15, -0.1) is 0 Å². The minimum absolute atomic E-state index is 0.0889. The van der Waals surface area contributed by atoms with Gasteiger partial charge in [-0.25, -0.2) is 0 Å². The summed E-state index contributed by atoms with van der Waals surface area (Å²) >= 11 is 0. The molecule has 0 saturated carbocycles. The molecule has 0 aliphatic rings. The van der Waals surface area contributed by atoms with E-state index < -0.39 is 0 Å². The smallest absolute Gasteiger partial charge is 0.159 e. The third-order valence-corrected chi connectivity index (χ3v) is 3.91. The largest absolute Gasteiger partial charge is 0.355 e. The van der Waals surface area contributed by atoms with Crippen LogP contribution in [0.15, 0.2) is 48.5 Å². The lowest BCUT2D eigenvalue weighted by Gasteiger charge is -2.07. The van der Waals surface area contributed by atoms with Crippen molar-refractivity contribution in [2.24, 2.45) is 0 Å². The Morgan fingerprint density at radius 3 is 2.08 bits per heavy atom. The van der Waals surface area contributed by atoms with Gasteiger partial charge in [0.25, 0.3) is 0 Å². The number of unbranched alkanes of at least 4 members (excludes halogenated alkanes) is 2. The fourth-order valence-electron chi connectivity index (χ4n) is 2.42. The van der Waals surface area contributed by atoms with Crippen molar-refractivity contribution in [1.29, 1.82) is 0 Å². The van der Waals surface area contributed by atoms with Gasteiger partial charge in [0.2, 0.25) is 0 Å². The van der Waals surface area contributed by atoms with E-state index in [1.165, 1.54) is 12.8 Å². The van der Waals surface area contributed by atoms with Crippen molar-refractivity contribution in [1.82, 2.24) is 0 Å². The third kappa shape index (κ3) is 5.91. The number of carbonyl (C=O) groups is 1. The Hall–Kier alpha value is -1.97. The minimum atomic E-state index is 0.0889. The molecule has 0 N–H and O–H groups in total. The average molecular weight is 326 g/mol. The van der Waals surface area contributed by atoms with E-state index in [0.717, 1.165) is 35.3 Å². The summed E-state index contributed by atoms with van der Waals surface area (Å²) in [5.41, 5.74) is 4.09. The van der Waals surface area contributed by atoms with Crippen LogP contribution >= 0.6 is 0 Å². The molecule has 0 radical (unpaired) electrons. The first kappa shape index (κ1) is 18.4. The molecule has 2 rings (SSSR count). The molecule has 0 unspecified atom stereocenters. The van der Waals surface area contributed by atoms with Crippen molar-refractivity contribution in [2.75, 3.05) is 13.4 Å². The molecule has 0 amide bonds. The van der Waals surface area contributed by atoms with Gasteiger partial charge in [-0.3, -0.25) is 4.79 Å². The lowest BCUT2D eigenvalue weighted by molar-refractivity contribution is -0.0622. The van der Waals surface area contributed by atoms with Crippen LogP contribution in [0.5, 0.6) is 0 Å². The lowest BCUT2D eigenvalue weighted by atomic mass is 10.0. The summed E-state index contributed by atoms with van der Waals surface area (Å²) < 4.78 is 11.0. The predicted octanol–water partition coefficient (Wildman–Crippen LogP) is 5.24. The highest BCUT2D eigenvalue weighted by Gasteiger charge is 2.02. The quantitative estimate of drug-likeness (QED) is 0.340. The van der Waals surface area contributed by atoms with Crippen molar-refractivity contribution in [3.05, 3.63) is 59.7 Å². The first-order valence-corrected chi connectivity index (χ1v) is 8.56. The Morgan fingerprint density at radius 2 is 1.50 bits per heavy atom. The van der Waals surface area contributed by atoms with Crippen LogP contribution in [-0.2, 0) is 16.1 Å². The van der Waals surface area contributed by atoms with Gasteiger partial charge >= 0.3 is 0 Å². The molecular weight excluding hydrogens is 300 g/mol. The molecular formula is C21H26O3. The normalized spacial score (nSPS) is 10.8. The second kappa shape index (κ2) is 10.0. The van der Waals surface area contributed by atoms with Crippen LogP contribution in [0.2, 0.25) is 0 Å². The molecule has 3 nitrogen and oxygen atoms in total. The van der Waals surface area contributed by atoms with Gasteiger partial charge in [-0.2, -0.15) is 0 Å². The Balaban J connectivity index is 1.79. The molecule has 2 aromatic rings. The maximum Gasteiger partial charge on any atom is 0.159 e. The monoisotopic (exact) mass is 326 g/mol. The first-order valence-electron chi connectivity index (χ1n) is 8.56. The zero-order valence-electron chi connectivity index (χ0n) is 14.6. The molecule has 0 bridgehead atoms. The molecule has 3 heteroatoms. The van der Waals surface area contributed by atoms with Gasteiger partial charge in [0, 0.05) is 12.2 Å². The number of ketones is 1. The van der Waals surface area contributed by atoms with Crippen molar-refractivity contribution in [2.45, 2.75) is 39.7 Å². The SMILES string of the molecule is CCCCCOCOCc1ccc(-c2ccc(C(C)=O)cc2)cc1. The number of hydrogen-bond donors (Lipinski definition) is 0. The number of benzene rings is 2. The van der Waals surface area contributed by atoms with Crippen LogP contribution in [0, 0.1) is 0 Å². The lowest BCUT2D eigenvalue weighted by Crippen LogP contribution is -2.01. The predicted molar refractivity (Wildman–Crippen MR) is 97.0 cm³/mol. The van der Waals surface area contributed by atoms with E-state index in [9.17, 15) is 4.79 Å². The minimum Gasteiger partial charge on any atom is -0.355 e. The molecule has 0 aromatic heterocycles. The summed E-state index contributed by atoms with van der Waals surface area (Å²) in [5, 5.41) is 0. The number of Topliss-reactive ketones (excluding diaryl/α,β-unsaturated/α-hetero) is 1. The summed E-state index contributed by atoms with van der Waals surface area (Å²) in [5.74, 6) is 0.0889. The van der Waals surface area contributed by atoms with Gasteiger partial charge in [-0.1, -0.05) is 68.3 Å². The van der Waals surface area contributed by atoms with Gasteiger partial charge in [0.05, 0.1) is 6.61 Å². The van der Waals surface area contributed by atoms with Crippen LogP contribution in [0.25, 0.3) is 11.1 Å². The molecule has 0 spiro atoms. The maximum atomic E-state index is 11.3. The Bertz CT molecular complexity index is 615. The van der Waals surface area contributed by atoms with E-state index in [0.29, 0.717) is 13.4 Å². The highest BCUT2D eigenvalue weighted by molar-refractivity contribution is 5.94. The zero-order valence-corrected chi connectivity index (χ0v) is 14.6. The van der Waals surface area contributed by atoms with Crippen molar-refractivity contribution >= 4 is 5.78 Å². The number of ether oxygens (including phenoxy) is 2. The van der Waals surface area contributed by atoms with E-state index in [1.807, 2.05) is 24.3 Å². The topological polar surface area (TPSA) is 35.5 Å². The van der Waals surface area contributed by atoms with E-state index >= 15 is 0 Å². The highest BCUT2D eigenvalue weighted by atomic mass is 16.7. The van der Waals surface area contributed by atoms with Gasteiger partial charge in [0.1, 0.15) is 6.79 Å². The molecule has 128 valence electrons. The second-order valence-corrected chi connectivity index (χ2v) is 5.91. The summed E-state index contributed by atoms with van der Waals surface area (Å²) in [6.45, 7) is 5.42. The maximum absolute atomic E-state index is 11.3. The van der Waals surface area contributed by atoms with E-state index in [-0.39, 0.29) is 5.78 Å². The van der Waals surface area contributed by atoms with E-state index in [1.54, 1.807) is 6.92 Å². The summed E-state index contributed by atoms with van der Waals surface area (Å²) in [6.07, 6.45) is 3.50. The summed E-state index contributed by atoms with van der Waals surface area (Å²) in [4.78, 5) is 11.3. The molecule has 0 saturated heterocycles. The second-order valence-electron chi connectivity index (χ2n) is 5.91. The third-order valence-electron chi connectivity index (χ3n) is 3.91. The van der Waals surface area contributed by atoms with Crippen molar-refractivity contribution in [3.8, 4) is 11.1 Å². The number of rotatable bonds is 10. The van der Waals surface area contributed by atoms with Gasteiger partial charge < -0.3 is 9.47 Å². The Kier molecular flexibility index (Phi) is 7.66. The van der Waals surface area contributed by atoms with E-state index in [4.69, 9.17) is 9.47 Å². The summed E-state index contributed by atoms with van der Waals surface area (Å²) in [7, 11) is 0.